The first-order valence-corrected chi connectivity index (χ1v) is 45.4. The van der Waals surface area contributed by atoms with E-state index in [0.29, 0.717) is 25.7 Å². The maximum absolute atomic E-state index is 13.1. The number of aliphatic hydroxyl groups excluding tert-OH is 1. The lowest BCUT2D eigenvalue weighted by Gasteiger charge is -2.21. The molecule has 0 saturated heterocycles. The summed E-state index contributed by atoms with van der Waals surface area (Å²) in [5.41, 5.74) is 0. The molecule has 0 bridgehead atoms. The molecule has 0 spiro atoms. The Hall–Kier alpha value is -1.94. The molecule has 3 N–H and O–H groups in total. The van der Waals surface area contributed by atoms with Gasteiger partial charge in [-0.3, -0.25) is 37.3 Å². The molecule has 17 nitrogen and oxygen atoms in total. The maximum atomic E-state index is 13.1. The molecule has 0 fully saturated rings. The van der Waals surface area contributed by atoms with Crippen LogP contribution in [0.1, 0.15) is 427 Å². The summed E-state index contributed by atoms with van der Waals surface area (Å²) >= 11 is 0. The van der Waals surface area contributed by atoms with E-state index in [1.807, 2.05) is 0 Å². The highest BCUT2D eigenvalue weighted by molar-refractivity contribution is 7.47. The van der Waals surface area contributed by atoms with Gasteiger partial charge in [0.25, 0.3) is 0 Å². The average Bonchev–Trinajstić information content (AvgIpc) is 1.06. The summed E-state index contributed by atoms with van der Waals surface area (Å²) in [6.45, 7) is 12.0. The summed E-state index contributed by atoms with van der Waals surface area (Å²) in [6.07, 6.45) is 60.9. The van der Waals surface area contributed by atoms with E-state index in [1.54, 1.807) is 0 Å². The van der Waals surface area contributed by atoms with Gasteiger partial charge in [-0.15, -0.1) is 0 Å². The molecule has 0 aromatic heterocycles. The van der Waals surface area contributed by atoms with E-state index in [9.17, 15) is 43.2 Å². The molecule has 0 aliphatic carbocycles. The molecule has 0 aromatic rings. The van der Waals surface area contributed by atoms with E-state index < -0.39 is 97.5 Å². The van der Waals surface area contributed by atoms with Crippen LogP contribution in [-0.2, 0) is 65.4 Å². The van der Waals surface area contributed by atoms with Crippen molar-refractivity contribution in [2.75, 3.05) is 39.6 Å². The summed E-state index contributed by atoms with van der Waals surface area (Å²) in [7, 11) is -9.92. The van der Waals surface area contributed by atoms with Crippen molar-refractivity contribution in [3.63, 3.8) is 0 Å². The summed E-state index contributed by atoms with van der Waals surface area (Å²) in [4.78, 5) is 73.1. The first kappa shape index (κ1) is 99.1. The van der Waals surface area contributed by atoms with Crippen molar-refractivity contribution >= 4 is 39.5 Å². The molecule has 0 radical (unpaired) electrons. The van der Waals surface area contributed by atoms with Gasteiger partial charge in [-0.05, 0) is 43.4 Å². The van der Waals surface area contributed by atoms with Crippen LogP contribution in [0.2, 0.25) is 0 Å². The Morgan fingerprint density at radius 1 is 0.287 bits per heavy atom. The summed E-state index contributed by atoms with van der Waals surface area (Å²) < 4.78 is 68.8. The first-order chi connectivity index (χ1) is 48.8. The molecule has 0 aliphatic heterocycles. The molecular formula is C82H160O17P2. The second kappa shape index (κ2) is 72.3. The van der Waals surface area contributed by atoms with Gasteiger partial charge < -0.3 is 33.8 Å². The molecular weight excluding hydrogens is 1320 g/mol. The van der Waals surface area contributed by atoms with Gasteiger partial charge in [-0.1, -0.05) is 376 Å². The molecule has 101 heavy (non-hydrogen) atoms. The van der Waals surface area contributed by atoms with Gasteiger partial charge in [0, 0.05) is 25.7 Å². The average molecular weight is 1480 g/mol. The van der Waals surface area contributed by atoms with Gasteiger partial charge in [0.1, 0.15) is 19.3 Å². The number of rotatable bonds is 80. The SMILES string of the molecule is CCCCCCCCCCCCCC(=O)OC[C@H](COP(=O)(O)OC[C@H](O)COP(=O)(O)OC[C@@H](COC(=O)CCCCCCCCCCCCCCCCC(C)CC)OC(=O)CCCCCCCCCCCCCCCCCC(C)C)OC(=O)CCCCCCCCCCCCCC(C)C. The Kier molecular flexibility index (Phi) is 70.9. The number of ether oxygens (including phenoxy) is 4. The molecule has 600 valence electrons. The van der Waals surface area contributed by atoms with E-state index in [2.05, 4.69) is 48.5 Å². The van der Waals surface area contributed by atoms with E-state index in [-0.39, 0.29) is 25.7 Å². The van der Waals surface area contributed by atoms with Gasteiger partial charge in [0.05, 0.1) is 26.4 Å². The minimum Gasteiger partial charge on any atom is -0.462 e. The summed E-state index contributed by atoms with van der Waals surface area (Å²) in [5.74, 6) is 0.310. The molecule has 19 heteroatoms. The minimum absolute atomic E-state index is 0.107. The van der Waals surface area contributed by atoms with Crippen molar-refractivity contribution in [3.05, 3.63) is 0 Å². The van der Waals surface area contributed by atoms with Crippen molar-refractivity contribution in [1.82, 2.24) is 0 Å². The van der Waals surface area contributed by atoms with E-state index >= 15 is 0 Å². The Morgan fingerprint density at radius 3 is 0.752 bits per heavy atom. The predicted molar refractivity (Wildman–Crippen MR) is 414 cm³/mol. The fourth-order valence-electron chi connectivity index (χ4n) is 12.6. The van der Waals surface area contributed by atoms with Gasteiger partial charge >= 0.3 is 39.5 Å². The molecule has 0 rings (SSSR count). The Bertz CT molecular complexity index is 1960. The lowest BCUT2D eigenvalue weighted by atomic mass is 9.99. The highest BCUT2D eigenvalue weighted by atomic mass is 31.2. The van der Waals surface area contributed by atoms with Gasteiger partial charge in [-0.2, -0.15) is 0 Å². The highest BCUT2D eigenvalue weighted by Gasteiger charge is 2.30. The number of hydrogen-bond acceptors (Lipinski definition) is 15. The number of esters is 4. The standard InChI is InChI=1S/C82H160O17P2/c1-8-10-11-12-13-14-25-35-42-49-56-63-79(84)92-69-77(99-82(87)66-59-52-45-38-31-24-27-33-40-47-54-61-74(5)6)71-96-100(88,89)94-67-76(83)68-95-101(90,91)97-72-78(98-81(86)65-58-51-44-37-30-23-17-15-16-20-26-32-39-46-53-60-73(3)4)70-93-80(85)64-57-50-43-36-29-22-19-18-21-28-34-41-48-55-62-75(7)9-2/h73-78,83H,8-72H2,1-7H3,(H,88,89)(H,90,91)/t75?,76-,77+,78+/m0/s1. The smallest absolute Gasteiger partial charge is 0.462 e. The molecule has 0 heterocycles. The third-order valence-electron chi connectivity index (χ3n) is 19.5. The number of unbranched alkanes of at least 4 members (excludes halogenated alkanes) is 47. The van der Waals surface area contributed by atoms with Gasteiger partial charge in [0.2, 0.25) is 0 Å². The second-order valence-corrected chi connectivity index (χ2v) is 33.6. The third-order valence-corrected chi connectivity index (χ3v) is 21.4. The number of aliphatic hydroxyl groups is 1. The van der Waals surface area contributed by atoms with Crippen molar-refractivity contribution < 1.29 is 80.2 Å². The molecule has 3 unspecified atom stereocenters. The van der Waals surface area contributed by atoms with E-state index in [4.69, 9.17) is 37.0 Å². The van der Waals surface area contributed by atoms with Crippen LogP contribution in [0.15, 0.2) is 0 Å². The molecule has 0 aromatic carbocycles. The minimum atomic E-state index is -4.96. The van der Waals surface area contributed by atoms with Crippen molar-refractivity contribution in [2.24, 2.45) is 17.8 Å². The lowest BCUT2D eigenvalue weighted by molar-refractivity contribution is -0.161. The topological polar surface area (TPSA) is 237 Å². The van der Waals surface area contributed by atoms with Gasteiger partial charge in [0.15, 0.2) is 12.2 Å². The lowest BCUT2D eigenvalue weighted by Crippen LogP contribution is -2.30. The fraction of sp³-hybridized carbons (Fsp3) is 0.951. The predicted octanol–water partition coefficient (Wildman–Crippen LogP) is 24.5. The Balaban J connectivity index is 5.25. The van der Waals surface area contributed by atoms with Crippen LogP contribution in [0.4, 0.5) is 0 Å². The molecule has 6 atom stereocenters. The van der Waals surface area contributed by atoms with E-state index in [1.165, 1.54) is 238 Å². The van der Waals surface area contributed by atoms with Crippen LogP contribution < -0.4 is 0 Å². The summed E-state index contributed by atoms with van der Waals surface area (Å²) in [5, 5.41) is 10.7. The van der Waals surface area contributed by atoms with Crippen molar-refractivity contribution in [1.29, 1.82) is 0 Å². The Morgan fingerprint density at radius 2 is 0.505 bits per heavy atom. The van der Waals surface area contributed by atoms with Crippen LogP contribution in [0.25, 0.3) is 0 Å². The van der Waals surface area contributed by atoms with Crippen LogP contribution in [0.5, 0.6) is 0 Å². The van der Waals surface area contributed by atoms with Crippen molar-refractivity contribution in [3.8, 4) is 0 Å². The quantitative estimate of drug-likeness (QED) is 0.0222. The molecule has 0 saturated carbocycles. The zero-order chi connectivity index (χ0) is 74.4. The van der Waals surface area contributed by atoms with Crippen LogP contribution >= 0.6 is 15.6 Å². The van der Waals surface area contributed by atoms with Crippen LogP contribution in [0, 0.1) is 17.8 Å². The first-order valence-electron chi connectivity index (χ1n) is 42.4. The van der Waals surface area contributed by atoms with Crippen LogP contribution in [-0.4, -0.2) is 96.7 Å². The van der Waals surface area contributed by atoms with Gasteiger partial charge in [-0.25, -0.2) is 9.13 Å². The largest absolute Gasteiger partial charge is 0.472 e. The molecule has 0 aliphatic rings. The summed E-state index contributed by atoms with van der Waals surface area (Å²) in [6, 6.07) is 0. The normalized spacial score (nSPS) is 14.2. The number of carbonyl (C=O) groups excluding carboxylic acids is 4. The van der Waals surface area contributed by atoms with Crippen LogP contribution in [0.3, 0.4) is 0 Å². The third kappa shape index (κ3) is 74.7. The fourth-order valence-corrected chi connectivity index (χ4v) is 14.2. The monoisotopic (exact) mass is 1480 g/mol. The number of phosphoric acid groups is 2. The highest BCUT2D eigenvalue weighted by Crippen LogP contribution is 2.45. The number of phosphoric ester groups is 2. The molecule has 0 amide bonds. The Labute approximate surface area is 619 Å². The zero-order valence-electron chi connectivity index (χ0n) is 66.4. The number of hydrogen-bond donors (Lipinski definition) is 3. The number of carbonyl (C=O) groups is 4. The zero-order valence-corrected chi connectivity index (χ0v) is 68.2. The van der Waals surface area contributed by atoms with E-state index in [0.717, 1.165) is 108 Å². The maximum Gasteiger partial charge on any atom is 0.472 e. The van der Waals surface area contributed by atoms with Crippen molar-refractivity contribution in [2.45, 2.75) is 446 Å². The second-order valence-electron chi connectivity index (χ2n) is 30.7.